The minimum Gasteiger partial charge on any atom is -0.508 e. The van der Waals surface area contributed by atoms with Crippen LogP contribution in [0.5, 0.6) is 11.5 Å². The number of ether oxygens (including phenoxy) is 1. The number of halogens is 1. The van der Waals surface area contributed by atoms with E-state index in [2.05, 4.69) is 0 Å². The number of aromatic hydroxyl groups is 1. The van der Waals surface area contributed by atoms with Gasteiger partial charge in [0.05, 0.1) is 12.5 Å². The lowest BCUT2D eigenvalue weighted by molar-refractivity contribution is -0.147. The van der Waals surface area contributed by atoms with E-state index in [1.165, 1.54) is 13.2 Å². The molecule has 5 heteroatoms. The Labute approximate surface area is 97.6 Å². The largest absolute Gasteiger partial charge is 0.508 e. The highest BCUT2D eigenvalue weighted by Crippen LogP contribution is 2.48. The van der Waals surface area contributed by atoms with E-state index < -0.39 is 17.2 Å². The van der Waals surface area contributed by atoms with Crippen molar-refractivity contribution in [2.24, 2.45) is 0 Å². The summed E-state index contributed by atoms with van der Waals surface area (Å²) in [4.78, 5) is 11.3. The Morgan fingerprint density at radius 2 is 2.12 bits per heavy atom. The van der Waals surface area contributed by atoms with Crippen molar-refractivity contribution in [3.8, 4) is 11.5 Å². The maximum Gasteiger partial charge on any atom is 0.314 e. The number of hydrogen-bond donors (Lipinski definition) is 2. The van der Waals surface area contributed by atoms with Gasteiger partial charge in [-0.2, -0.15) is 0 Å². The molecule has 1 aromatic rings. The molecule has 0 amide bonds. The number of carboxylic acids is 1. The van der Waals surface area contributed by atoms with Crippen LogP contribution in [0.15, 0.2) is 12.1 Å². The molecule has 1 saturated carbocycles. The Hall–Kier alpha value is -1.78. The zero-order valence-electron chi connectivity index (χ0n) is 9.36. The van der Waals surface area contributed by atoms with Crippen LogP contribution >= 0.6 is 0 Å². The number of aliphatic carboxylic acids is 1. The molecule has 1 aliphatic carbocycles. The molecule has 0 bridgehead atoms. The molecular formula is C12H13FO4. The summed E-state index contributed by atoms with van der Waals surface area (Å²) in [7, 11) is 1.30. The molecule has 1 fully saturated rings. The third kappa shape index (κ3) is 1.62. The molecule has 2 N–H and O–H groups in total. The Balaban J connectivity index is 2.54. The van der Waals surface area contributed by atoms with Crippen molar-refractivity contribution in [2.45, 2.75) is 24.7 Å². The third-order valence-electron chi connectivity index (χ3n) is 3.40. The second kappa shape index (κ2) is 3.91. The SMILES string of the molecule is COc1cc(C2(C(=O)O)CCC2)c(O)cc1F. The van der Waals surface area contributed by atoms with Gasteiger partial charge in [0.1, 0.15) is 5.75 Å². The Morgan fingerprint density at radius 3 is 2.53 bits per heavy atom. The molecule has 17 heavy (non-hydrogen) atoms. The van der Waals surface area contributed by atoms with E-state index in [1.54, 1.807) is 0 Å². The molecule has 0 spiro atoms. The average molecular weight is 240 g/mol. The number of methoxy groups -OCH3 is 1. The van der Waals surface area contributed by atoms with E-state index in [9.17, 15) is 19.4 Å². The Bertz CT molecular complexity index is 466. The quantitative estimate of drug-likeness (QED) is 0.848. The summed E-state index contributed by atoms with van der Waals surface area (Å²) in [6.45, 7) is 0. The molecule has 1 aromatic carbocycles. The van der Waals surface area contributed by atoms with E-state index in [0.29, 0.717) is 12.8 Å². The van der Waals surface area contributed by atoms with E-state index in [-0.39, 0.29) is 17.1 Å². The summed E-state index contributed by atoms with van der Waals surface area (Å²) in [5.74, 6) is -2.07. The van der Waals surface area contributed by atoms with Crippen molar-refractivity contribution in [2.75, 3.05) is 7.11 Å². The lowest BCUT2D eigenvalue weighted by Gasteiger charge is -2.38. The zero-order chi connectivity index (χ0) is 12.6. The summed E-state index contributed by atoms with van der Waals surface area (Å²) in [6.07, 6.45) is 1.68. The van der Waals surface area contributed by atoms with Crippen LogP contribution in [0.4, 0.5) is 4.39 Å². The van der Waals surface area contributed by atoms with Crippen molar-refractivity contribution in [3.63, 3.8) is 0 Å². The van der Waals surface area contributed by atoms with Crippen LogP contribution < -0.4 is 4.74 Å². The summed E-state index contributed by atoms with van der Waals surface area (Å²) in [5.41, 5.74) is -0.861. The van der Waals surface area contributed by atoms with Gasteiger partial charge in [-0.05, 0) is 18.9 Å². The van der Waals surface area contributed by atoms with Gasteiger partial charge in [0.15, 0.2) is 11.6 Å². The van der Waals surface area contributed by atoms with Gasteiger partial charge in [0, 0.05) is 11.6 Å². The van der Waals surface area contributed by atoms with Crippen molar-refractivity contribution in [1.82, 2.24) is 0 Å². The van der Waals surface area contributed by atoms with E-state index in [1.807, 2.05) is 0 Å². The lowest BCUT2D eigenvalue weighted by atomic mass is 9.64. The molecule has 1 aliphatic rings. The molecule has 0 unspecified atom stereocenters. The molecular weight excluding hydrogens is 227 g/mol. The van der Waals surface area contributed by atoms with Gasteiger partial charge in [-0.25, -0.2) is 4.39 Å². The maximum atomic E-state index is 13.3. The summed E-state index contributed by atoms with van der Waals surface area (Å²) < 4.78 is 18.1. The van der Waals surface area contributed by atoms with Crippen molar-refractivity contribution in [1.29, 1.82) is 0 Å². The van der Waals surface area contributed by atoms with E-state index in [4.69, 9.17) is 4.74 Å². The first-order chi connectivity index (χ1) is 8.01. The molecule has 92 valence electrons. The Morgan fingerprint density at radius 1 is 1.47 bits per heavy atom. The Kier molecular flexibility index (Phi) is 2.69. The fraction of sp³-hybridized carbons (Fsp3) is 0.417. The van der Waals surface area contributed by atoms with Gasteiger partial charge < -0.3 is 14.9 Å². The van der Waals surface area contributed by atoms with Crippen LogP contribution in [0.1, 0.15) is 24.8 Å². The predicted molar refractivity (Wildman–Crippen MR) is 57.8 cm³/mol. The predicted octanol–water partition coefficient (Wildman–Crippen LogP) is 2.05. The van der Waals surface area contributed by atoms with E-state index >= 15 is 0 Å². The zero-order valence-corrected chi connectivity index (χ0v) is 9.36. The summed E-state index contributed by atoms with van der Waals surface area (Å²) in [5, 5.41) is 19.0. The van der Waals surface area contributed by atoms with Crippen LogP contribution in [0.3, 0.4) is 0 Å². The molecule has 2 rings (SSSR count). The van der Waals surface area contributed by atoms with Gasteiger partial charge in [-0.15, -0.1) is 0 Å². The number of rotatable bonds is 3. The van der Waals surface area contributed by atoms with Crippen molar-refractivity contribution >= 4 is 5.97 Å². The topological polar surface area (TPSA) is 66.8 Å². The van der Waals surface area contributed by atoms with Crippen LogP contribution in [-0.4, -0.2) is 23.3 Å². The molecule has 0 radical (unpaired) electrons. The number of carboxylic acid groups (broad SMARTS) is 1. The number of phenols is 1. The molecule has 0 aliphatic heterocycles. The molecule has 0 saturated heterocycles. The molecule has 0 atom stereocenters. The minimum atomic E-state index is -1.09. The van der Waals surface area contributed by atoms with Crippen LogP contribution in [0, 0.1) is 5.82 Å². The standard InChI is InChI=1S/C12H13FO4/c1-17-10-5-7(9(14)6-8(10)13)12(11(15)16)3-2-4-12/h5-6,14H,2-4H2,1H3,(H,15,16). The third-order valence-corrected chi connectivity index (χ3v) is 3.40. The van der Waals surface area contributed by atoms with Crippen LogP contribution in [0.25, 0.3) is 0 Å². The van der Waals surface area contributed by atoms with Crippen LogP contribution in [0.2, 0.25) is 0 Å². The molecule has 4 nitrogen and oxygen atoms in total. The maximum absolute atomic E-state index is 13.3. The fourth-order valence-electron chi connectivity index (χ4n) is 2.21. The molecule has 0 heterocycles. The average Bonchev–Trinajstić information content (AvgIpc) is 2.18. The summed E-state index contributed by atoms with van der Waals surface area (Å²) >= 11 is 0. The molecule has 0 aromatic heterocycles. The lowest BCUT2D eigenvalue weighted by Crippen LogP contribution is -2.42. The van der Waals surface area contributed by atoms with Gasteiger partial charge >= 0.3 is 5.97 Å². The van der Waals surface area contributed by atoms with E-state index in [0.717, 1.165) is 12.5 Å². The van der Waals surface area contributed by atoms with Crippen molar-refractivity contribution < 1.29 is 24.1 Å². The minimum absolute atomic E-state index is 0.0506. The van der Waals surface area contributed by atoms with Gasteiger partial charge in [-0.3, -0.25) is 4.79 Å². The van der Waals surface area contributed by atoms with Gasteiger partial charge in [0.25, 0.3) is 0 Å². The number of hydrogen-bond acceptors (Lipinski definition) is 3. The normalized spacial score (nSPS) is 17.3. The highest BCUT2D eigenvalue weighted by Gasteiger charge is 2.48. The van der Waals surface area contributed by atoms with Gasteiger partial charge in [0.2, 0.25) is 0 Å². The fourth-order valence-corrected chi connectivity index (χ4v) is 2.21. The smallest absolute Gasteiger partial charge is 0.314 e. The highest BCUT2D eigenvalue weighted by atomic mass is 19.1. The number of benzene rings is 1. The second-order valence-electron chi connectivity index (χ2n) is 4.24. The number of carbonyl (C=O) groups is 1. The number of phenolic OH excluding ortho intramolecular Hbond substituents is 1. The first-order valence-corrected chi connectivity index (χ1v) is 5.31. The first kappa shape index (κ1) is 11.7. The summed E-state index contributed by atoms with van der Waals surface area (Å²) in [6, 6.07) is 2.18. The van der Waals surface area contributed by atoms with Crippen LogP contribution in [-0.2, 0) is 10.2 Å². The van der Waals surface area contributed by atoms with Gasteiger partial charge in [-0.1, -0.05) is 6.42 Å². The highest BCUT2D eigenvalue weighted by molar-refractivity contribution is 5.84. The second-order valence-corrected chi connectivity index (χ2v) is 4.24. The first-order valence-electron chi connectivity index (χ1n) is 5.31. The van der Waals surface area contributed by atoms with Crippen molar-refractivity contribution in [3.05, 3.63) is 23.5 Å². The monoisotopic (exact) mass is 240 g/mol.